The third-order valence-corrected chi connectivity index (χ3v) is 4.92. The molecule has 1 amide bonds. The number of anilines is 1. The van der Waals surface area contributed by atoms with E-state index in [9.17, 15) is 13.2 Å². The van der Waals surface area contributed by atoms with Gasteiger partial charge in [-0.25, -0.2) is 18.1 Å². The molecule has 3 aromatic heterocycles. The second-order valence-electron chi connectivity index (χ2n) is 6.41. The van der Waals surface area contributed by atoms with Crippen molar-refractivity contribution in [1.82, 2.24) is 24.3 Å². The molecule has 0 saturated carbocycles. The van der Waals surface area contributed by atoms with Crippen LogP contribution in [0.3, 0.4) is 0 Å². The lowest BCUT2D eigenvalue weighted by atomic mass is 10.2. The highest BCUT2D eigenvalue weighted by atomic mass is 35.5. The third kappa shape index (κ3) is 4.55. The van der Waals surface area contributed by atoms with Gasteiger partial charge in [-0.3, -0.25) is 9.78 Å². The number of halogens is 3. The van der Waals surface area contributed by atoms with E-state index in [0.717, 1.165) is 6.26 Å². The smallest absolute Gasteiger partial charge is 0.270 e. The average Bonchev–Trinajstić information content (AvgIpc) is 2.98. The van der Waals surface area contributed by atoms with Gasteiger partial charge < -0.3 is 5.32 Å². The first-order valence-corrected chi connectivity index (χ1v) is 11.2. The maximum absolute atomic E-state index is 12.3. The van der Waals surface area contributed by atoms with Crippen molar-refractivity contribution in [1.29, 1.82) is 0 Å². The Balaban J connectivity index is 2.29. The lowest BCUT2D eigenvalue weighted by Gasteiger charge is -2.17. The van der Waals surface area contributed by atoms with Crippen LogP contribution in [-0.2, 0) is 10.0 Å². The zero-order chi connectivity index (χ0) is 21.5. The van der Waals surface area contributed by atoms with Gasteiger partial charge in [0.25, 0.3) is 5.91 Å². The summed E-state index contributed by atoms with van der Waals surface area (Å²) in [6.07, 6.45) is 3.48. The lowest BCUT2D eigenvalue weighted by Crippen LogP contribution is -2.29. The summed E-state index contributed by atoms with van der Waals surface area (Å²) < 4.78 is 26.0. The van der Waals surface area contributed by atoms with Gasteiger partial charge in [-0.2, -0.15) is 9.61 Å². The number of hydrogen-bond acceptors (Lipinski definition) is 7. The maximum atomic E-state index is 12.3. The highest BCUT2D eigenvalue weighted by Gasteiger charge is 2.25. The molecule has 2 N–H and O–H groups in total. The van der Waals surface area contributed by atoms with Crippen LogP contribution in [0, 0.1) is 0 Å². The number of nitrogens with zero attached hydrogens (tertiary/aromatic N) is 4. The summed E-state index contributed by atoms with van der Waals surface area (Å²) in [5, 5.41) is 7.96. The first-order chi connectivity index (χ1) is 13.5. The largest absolute Gasteiger partial charge is 0.367 e. The first-order valence-electron chi connectivity index (χ1n) is 8.15. The van der Waals surface area contributed by atoms with E-state index in [1.165, 1.54) is 23.0 Å². The number of carbonyl (C=O) groups is 1. The van der Waals surface area contributed by atoms with Crippen molar-refractivity contribution in [2.24, 2.45) is 0 Å². The molecule has 29 heavy (non-hydrogen) atoms. The number of aromatic nitrogens is 4. The fourth-order valence-corrected chi connectivity index (χ4v) is 3.74. The van der Waals surface area contributed by atoms with E-state index < -0.39 is 15.9 Å². The van der Waals surface area contributed by atoms with Crippen LogP contribution in [0.1, 0.15) is 24.2 Å². The van der Waals surface area contributed by atoms with Gasteiger partial charge in [-0.05, 0) is 19.9 Å². The average molecular weight is 478 g/mol. The summed E-state index contributed by atoms with van der Waals surface area (Å²) in [6, 6.07) is 1.46. The van der Waals surface area contributed by atoms with Crippen molar-refractivity contribution in [3.05, 3.63) is 39.2 Å². The van der Waals surface area contributed by atoms with Crippen LogP contribution in [0.15, 0.2) is 18.5 Å². The van der Waals surface area contributed by atoms with Crippen molar-refractivity contribution in [3.63, 3.8) is 0 Å². The summed E-state index contributed by atoms with van der Waals surface area (Å²) >= 11 is 18.7. The van der Waals surface area contributed by atoms with Gasteiger partial charge >= 0.3 is 0 Å². The molecule has 0 aliphatic carbocycles. The molecule has 13 heteroatoms. The molecule has 9 nitrogen and oxygen atoms in total. The summed E-state index contributed by atoms with van der Waals surface area (Å²) in [7, 11) is -3.77. The standard InChI is InChI=1S/C16H15Cl3N6O3S/c1-7(2)22-15-11(12-10(18)4-8(17)5-20-12)13(19)23-14-9(6-21-25(14)15)16(26)24-29(3,27)28/h4-7,22H,1-3H3,(H,24,26). The van der Waals surface area contributed by atoms with E-state index >= 15 is 0 Å². The summed E-state index contributed by atoms with van der Waals surface area (Å²) in [4.78, 5) is 20.8. The molecule has 0 bridgehead atoms. The Labute approximate surface area is 181 Å². The van der Waals surface area contributed by atoms with Crippen LogP contribution in [0.5, 0.6) is 0 Å². The molecule has 0 radical (unpaired) electrons. The van der Waals surface area contributed by atoms with E-state index in [1.54, 1.807) is 0 Å². The van der Waals surface area contributed by atoms with Crippen LogP contribution >= 0.6 is 34.8 Å². The number of pyridine rings is 1. The third-order valence-electron chi connectivity index (χ3n) is 3.60. The summed E-state index contributed by atoms with van der Waals surface area (Å²) in [5.74, 6) is -0.498. The molecular formula is C16H15Cl3N6O3S. The fourth-order valence-electron chi connectivity index (χ4n) is 2.56. The molecule has 0 aliphatic rings. The van der Waals surface area contributed by atoms with Gasteiger partial charge in [0.05, 0.1) is 33.8 Å². The topological polar surface area (TPSA) is 118 Å². The van der Waals surface area contributed by atoms with E-state index in [-0.39, 0.29) is 27.4 Å². The maximum Gasteiger partial charge on any atom is 0.270 e. The van der Waals surface area contributed by atoms with E-state index in [0.29, 0.717) is 22.1 Å². The number of carbonyl (C=O) groups excluding carboxylic acids is 1. The van der Waals surface area contributed by atoms with Gasteiger partial charge in [0.1, 0.15) is 16.5 Å². The predicted molar refractivity (Wildman–Crippen MR) is 112 cm³/mol. The molecule has 0 unspecified atom stereocenters. The van der Waals surface area contributed by atoms with Gasteiger partial charge in [0.2, 0.25) is 10.0 Å². The lowest BCUT2D eigenvalue weighted by molar-refractivity contribution is 0.0983. The minimum Gasteiger partial charge on any atom is -0.367 e. The molecule has 0 atom stereocenters. The summed E-state index contributed by atoms with van der Waals surface area (Å²) in [6.45, 7) is 3.78. The molecule has 3 aromatic rings. The predicted octanol–water partition coefficient (Wildman–Crippen LogP) is 3.26. The highest BCUT2D eigenvalue weighted by Crippen LogP contribution is 2.38. The van der Waals surface area contributed by atoms with Crippen LogP contribution in [0.2, 0.25) is 15.2 Å². The first kappa shape index (κ1) is 21.6. The fraction of sp³-hybridized carbons (Fsp3) is 0.250. The molecule has 0 aliphatic heterocycles. The monoisotopic (exact) mass is 476 g/mol. The number of fused-ring (bicyclic) bond motifs is 1. The van der Waals surface area contributed by atoms with Crippen LogP contribution in [0.4, 0.5) is 5.82 Å². The number of rotatable bonds is 5. The Kier molecular flexibility index (Phi) is 5.91. The SMILES string of the molecule is CC(C)Nc1c(-c2ncc(Cl)cc2Cl)c(Cl)nc2c(C(=O)NS(C)(=O)=O)cnn12. The summed E-state index contributed by atoms with van der Waals surface area (Å²) in [5.41, 5.74) is 0.669. The molecule has 0 saturated heterocycles. The molecule has 3 heterocycles. The van der Waals surface area contributed by atoms with Crippen molar-refractivity contribution >= 4 is 62.2 Å². The zero-order valence-corrected chi connectivity index (χ0v) is 18.4. The van der Waals surface area contributed by atoms with Crippen LogP contribution in [-0.4, -0.2) is 46.2 Å². The van der Waals surface area contributed by atoms with Gasteiger partial charge in [-0.15, -0.1) is 0 Å². The molecule has 3 rings (SSSR count). The number of hydrogen-bond donors (Lipinski definition) is 2. The number of amides is 1. The van der Waals surface area contributed by atoms with Gasteiger partial charge in [0.15, 0.2) is 5.65 Å². The Morgan fingerprint density at radius 3 is 2.48 bits per heavy atom. The Morgan fingerprint density at radius 2 is 1.90 bits per heavy atom. The minimum absolute atomic E-state index is 0.00808. The highest BCUT2D eigenvalue weighted by molar-refractivity contribution is 7.89. The molecule has 0 aromatic carbocycles. The van der Waals surface area contributed by atoms with E-state index in [4.69, 9.17) is 34.8 Å². The van der Waals surface area contributed by atoms with E-state index in [1.807, 2.05) is 18.6 Å². The second-order valence-corrected chi connectivity index (χ2v) is 9.36. The molecule has 0 fully saturated rings. The van der Waals surface area contributed by atoms with Crippen molar-refractivity contribution in [2.75, 3.05) is 11.6 Å². The van der Waals surface area contributed by atoms with Gasteiger partial charge in [0, 0.05) is 12.2 Å². The molecule has 0 spiro atoms. The van der Waals surface area contributed by atoms with Crippen molar-refractivity contribution in [2.45, 2.75) is 19.9 Å². The second kappa shape index (κ2) is 7.94. The van der Waals surface area contributed by atoms with Crippen LogP contribution < -0.4 is 10.0 Å². The number of nitrogens with one attached hydrogen (secondary N) is 2. The minimum atomic E-state index is -3.77. The van der Waals surface area contributed by atoms with Crippen molar-refractivity contribution < 1.29 is 13.2 Å². The quantitative estimate of drug-likeness (QED) is 0.541. The Bertz CT molecular complexity index is 1230. The van der Waals surface area contributed by atoms with Crippen LogP contribution in [0.25, 0.3) is 16.9 Å². The van der Waals surface area contributed by atoms with Crippen molar-refractivity contribution in [3.8, 4) is 11.3 Å². The normalized spacial score (nSPS) is 11.8. The molecular weight excluding hydrogens is 463 g/mol. The molecule has 154 valence electrons. The van der Waals surface area contributed by atoms with Gasteiger partial charge in [-0.1, -0.05) is 34.8 Å². The Morgan fingerprint density at radius 1 is 1.21 bits per heavy atom. The van der Waals surface area contributed by atoms with E-state index in [2.05, 4.69) is 20.4 Å². The Hall–Kier alpha value is -2.14. The number of sulfonamides is 1. The zero-order valence-electron chi connectivity index (χ0n) is 15.4.